The van der Waals surface area contributed by atoms with E-state index in [1.807, 2.05) is 31.2 Å². The summed E-state index contributed by atoms with van der Waals surface area (Å²) in [4.78, 5) is 23.5. The average Bonchev–Trinajstić information content (AvgIpc) is 3.38. The number of imide groups is 1. The number of aryl methyl sites for hydroxylation is 1. The quantitative estimate of drug-likeness (QED) is 0.684. The maximum atomic E-state index is 13.1. The molecule has 0 bridgehead atoms. The van der Waals surface area contributed by atoms with Crippen LogP contribution in [0, 0.1) is 18.8 Å². The van der Waals surface area contributed by atoms with E-state index in [-0.39, 0.29) is 4.90 Å². The minimum Gasteiger partial charge on any atom is -0.457 e. The highest BCUT2D eigenvalue weighted by molar-refractivity contribution is 7.89. The highest BCUT2D eigenvalue weighted by Gasteiger charge is 2.45. The van der Waals surface area contributed by atoms with Gasteiger partial charge in [0, 0.05) is 13.1 Å². The summed E-state index contributed by atoms with van der Waals surface area (Å²) in [6.45, 7) is 5.78. The van der Waals surface area contributed by atoms with E-state index >= 15 is 0 Å². The van der Waals surface area contributed by atoms with Crippen LogP contribution in [0.15, 0.2) is 53.4 Å². The van der Waals surface area contributed by atoms with E-state index in [0.29, 0.717) is 30.9 Å². The summed E-state index contributed by atoms with van der Waals surface area (Å²) in [6.07, 6.45) is 1.13. The topological polar surface area (TPSA) is 129 Å². The van der Waals surface area contributed by atoms with E-state index in [1.165, 1.54) is 16.4 Å². The van der Waals surface area contributed by atoms with Gasteiger partial charge in [0.1, 0.15) is 17.5 Å². The first-order valence-corrected chi connectivity index (χ1v) is 11.0. The number of carbonyl (C=O) groups is 2. The number of ether oxygens (including phenoxy) is 1. The molecule has 4 rings (SSSR count). The molecule has 2 aromatic rings. The predicted molar refractivity (Wildman–Crippen MR) is 112 cm³/mol. The van der Waals surface area contributed by atoms with Gasteiger partial charge in [0.2, 0.25) is 10.0 Å². The third-order valence-corrected chi connectivity index (χ3v) is 7.06. The van der Waals surface area contributed by atoms with Crippen LogP contribution < -0.4 is 15.4 Å². The Kier molecular flexibility index (Phi) is 6.58. The number of hydrogen-bond acceptors (Lipinski definition) is 6. The molecule has 0 aliphatic carbocycles. The number of nitriles is 1. The van der Waals surface area contributed by atoms with Crippen molar-refractivity contribution in [3.8, 4) is 18.1 Å². The number of urea groups is 1. The van der Waals surface area contributed by atoms with Gasteiger partial charge < -0.3 is 10.1 Å². The van der Waals surface area contributed by atoms with Crippen LogP contribution in [-0.2, 0) is 14.8 Å². The van der Waals surface area contributed by atoms with Crippen molar-refractivity contribution >= 4 is 22.0 Å². The molecule has 2 saturated heterocycles. The third kappa shape index (κ3) is 4.68. The van der Waals surface area contributed by atoms with Crippen molar-refractivity contribution in [1.82, 2.24) is 14.9 Å². The molecule has 2 atom stereocenters. The summed E-state index contributed by atoms with van der Waals surface area (Å²) in [5.74, 6) is 0.686. The van der Waals surface area contributed by atoms with Crippen molar-refractivity contribution in [3.63, 3.8) is 0 Å². The van der Waals surface area contributed by atoms with Crippen molar-refractivity contribution in [2.75, 3.05) is 6.54 Å². The van der Waals surface area contributed by atoms with E-state index in [0.717, 1.165) is 5.56 Å². The molecule has 9 nitrogen and oxygen atoms in total. The fourth-order valence-electron chi connectivity index (χ4n) is 3.66. The molecular formula is C21H22N4O5S. The monoisotopic (exact) mass is 442 g/mol. The molecule has 0 radical (unpaired) electrons. The van der Waals surface area contributed by atoms with E-state index in [4.69, 9.17) is 10.00 Å². The molecule has 2 aromatic carbocycles. The number of amides is 3. The average molecular weight is 442 g/mol. The minimum atomic E-state index is -3.81. The van der Waals surface area contributed by atoms with E-state index in [1.54, 1.807) is 12.1 Å². The number of benzene rings is 2. The zero-order chi connectivity index (χ0) is 22.6. The van der Waals surface area contributed by atoms with Crippen LogP contribution >= 0.6 is 0 Å². The van der Waals surface area contributed by atoms with Gasteiger partial charge in [-0.2, -0.15) is 4.31 Å². The lowest BCUT2D eigenvalue weighted by atomic mass is 10.1. The zero-order valence-corrected chi connectivity index (χ0v) is 17.6. The summed E-state index contributed by atoms with van der Waals surface area (Å²) >= 11 is 0. The van der Waals surface area contributed by atoms with Gasteiger partial charge in [0.25, 0.3) is 5.91 Å². The Hall–Kier alpha value is -3.42. The van der Waals surface area contributed by atoms with Gasteiger partial charge in [-0.3, -0.25) is 10.1 Å². The first-order valence-electron chi connectivity index (χ1n) is 9.58. The van der Waals surface area contributed by atoms with Crippen LogP contribution in [0.4, 0.5) is 4.79 Å². The number of nitrogens with zero attached hydrogens (tertiary/aromatic N) is 2. The van der Waals surface area contributed by atoms with E-state index in [2.05, 4.69) is 17.2 Å². The normalized spacial score (nSPS) is 21.0. The fourth-order valence-corrected chi connectivity index (χ4v) is 5.36. The van der Waals surface area contributed by atoms with E-state index in [9.17, 15) is 18.0 Å². The lowest BCUT2D eigenvalue weighted by Gasteiger charge is -2.27. The Morgan fingerprint density at radius 2 is 1.61 bits per heavy atom. The van der Waals surface area contributed by atoms with Gasteiger partial charge in [-0.15, -0.1) is 0 Å². The Morgan fingerprint density at radius 1 is 1.03 bits per heavy atom. The first-order chi connectivity index (χ1) is 14.8. The molecule has 2 aliphatic heterocycles. The Bertz CT molecular complexity index is 1080. The SMILES string of the molecule is C#N.Cc1ccc(Oc2ccc(S(=O)(=O)N3CCCC3C3NC(=O)NC3=O)cc2)cc1. The summed E-state index contributed by atoms with van der Waals surface area (Å²) in [6, 6.07) is 11.7. The molecule has 31 heavy (non-hydrogen) atoms. The highest BCUT2D eigenvalue weighted by Crippen LogP contribution is 2.30. The van der Waals surface area contributed by atoms with Crippen molar-refractivity contribution in [2.24, 2.45) is 0 Å². The summed E-state index contributed by atoms with van der Waals surface area (Å²) in [5, 5.41) is 11.2. The molecule has 2 unspecified atom stereocenters. The molecule has 0 aromatic heterocycles. The van der Waals surface area contributed by atoms with Crippen molar-refractivity contribution in [3.05, 3.63) is 54.1 Å². The zero-order valence-electron chi connectivity index (χ0n) is 16.8. The van der Waals surface area contributed by atoms with Gasteiger partial charge in [-0.05, 0) is 56.2 Å². The molecule has 2 fully saturated rings. The molecule has 2 heterocycles. The predicted octanol–water partition coefficient (Wildman–Crippen LogP) is 2.29. The largest absolute Gasteiger partial charge is 0.457 e. The number of rotatable bonds is 5. The maximum absolute atomic E-state index is 13.1. The van der Waals surface area contributed by atoms with E-state index < -0.39 is 34.0 Å². The Balaban J connectivity index is 0.00000132. The van der Waals surface area contributed by atoms with Crippen molar-refractivity contribution in [1.29, 1.82) is 5.26 Å². The second-order valence-corrected chi connectivity index (χ2v) is 9.04. The molecule has 0 saturated carbocycles. The molecule has 0 spiro atoms. The van der Waals surface area contributed by atoms with Gasteiger partial charge in [0.05, 0.1) is 10.9 Å². The second-order valence-electron chi connectivity index (χ2n) is 7.15. The molecule has 2 aliphatic rings. The highest BCUT2D eigenvalue weighted by atomic mass is 32.2. The van der Waals surface area contributed by atoms with Crippen molar-refractivity contribution < 1.29 is 22.7 Å². The molecule has 3 amide bonds. The summed E-state index contributed by atoms with van der Waals surface area (Å²) < 4.78 is 33.3. The molecule has 162 valence electrons. The van der Waals surface area contributed by atoms with Crippen LogP contribution in [0.3, 0.4) is 0 Å². The lowest BCUT2D eigenvalue weighted by Crippen LogP contribution is -2.49. The number of carbonyl (C=O) groups excluding carboxylic acids is 2. The van der Waals surface area contributed by atoms with Crippen LogP contribution in [0.5, 0.6) is 11.5 Å². The Morgan fingerprint density at radius 3 is 2.16 bits per heavy atom. The fraction of sp³-hybridized carbons (Fsp3) is 0.286. The minimum absolute atomic E-state index is 0.116. The van der Waals surface area contributed by atoms with Gasteiger partial charge in [0.15, 0.2) is 0 Å². The van der Waals surface area contributed by atoms with Crippen LogP contribution in [-0.4, -0.2) is 43.3 Å². The van der Waals surface area contributed by atoms with Crippen LogP contribution in [0.25, 0.3) is 0 Å². The van der Waals surface area contributed by atoms with Crippen LogP contribution in [0.1, 0.15) is 18.4 Å². The standard InChI is InChI=1S/C20H21N3O5S.CHN/c1-13-4-6-14(7-5-13)28-15-8-10-16(11-9-15)29(26,27)23-12-2-3-17(23)18-19(24)22-20(25)21-18;1-2/h4-11,17-18H,2-3,12H2,1H3,(H2,21,22,24,25);1H. The number of sulfonamides is 1. The maximum Gasteiger partial charge on any atom is 0.322 e. The third-order valence-electron chi connectivity index (χ3n) is 5.13. The molecule has 2 N–H and O–H groups in total. The number of nitrogens with one attached hydrogen (secondary N) is 2. The van der Waals surface area contributed by atoms with Gasteiger partial charge in [-0.1, -0.05) is 17.7 Å². The van der Waals surface area contributed by atoms with Gasteiger partial charge >= 0.3 is 6.03 Å². The summed E-state index contributed by atoms with van der Waals surface area (Å²) in [5.41, 5.74) is 1.12. The van der Waals surface area contributed by atoms with Gasteiger partial charge in [-0.25, -0.2) is 18.5 Å². The molecule has 10 heteroatoms. The first kappa shape index (κ1) is 22.3. The number of hydrogen-bond donors (Lipinski definition) is 2. The smallest absolute Gasteiger partial charge is 0.322 e. The van der Waals surface area contributed by atoms with Crippen molar-refractivity contribution in [2.45, 2.75) is 36.7 Å². The second kappa shape index (κ2) is 9.16. The summed E-state index contributed by atoms with van der Waals surface area (Å²) in [7, 11) is -3.81. The lowest BCUT2D eigenvalue weighted by molar-refractivity contribution is -0.121. The Labute approximate surface area is 180 Å². The molecular weight excluding hydrogens is 420 g/mol. The van der Waals surface area contributed by atoms with Crippen LogP contribution in [0.2, 0.25) is 0 Å².